The van der Waals surface area contributed by atoms with E-state index in [1.54, 1.807) is 7.05 Å². The van der Waals surface area contributed by atoms with E-state index in [1.807, 2.05) is 30.3 Å². The van der Waals surface area contributed by atoms with Gasteiger partial charge in [0.2, 0.25) is 0 Å². The molecule has 4 nitrogen and oxygen atoms in total. The van der Waals surface area contributed by atoms with Crippen LogP contribution >= 0.6 is 0 Å². The van der Waals surface area contributed by atoms with Gasteiger partial charge in [-0.05, 0) is 31.4 Å². The number of likely N-dealkylation sites (N-methyl/N-ethyl adjacent to an activating group) is 1. The predicted octanol–water partition coefficient (Wildman–Crippen LogP) is 2.78. The molecule has 2 N–H and O–H groups in total. The van der Waals surface area contributed by atoms with Crippen LogP contribution in [-0.4, -0.2) is 30.8 Å². The number of hydrogen-bond acceptors (Lipinski definition) is 3. The van der Waals surface area contributed by atoms with Crippen LogP contribution in [0.1, 0.15) is 38.2 Å². The Morgan fingerprint density at radius 3 is 2.57 bits per heavy atom. The van der Waals surface area contributed by atoms with Crippen LogP contribution in [0.25, 0.3) is 0 Å². The molecule has 1 aromatic rings. The molecule has 0 bridgehead atoms. The Hall–Kier alpha value is -1.39. The first-order valence-electron chi connectivity index (χ1n) is 7.69. The van der Waals surface area contributed by atoms with Crippen LogP contribution in [0, 0.1) is 5.92 Å². The molecule has 1 aromatic carbocycles. The van der Waals surface area contributed by atoms with E-state index in [0.29, 0.717) is 5.92 Å². The molecule has 21 heavy (non-hydrogen) atoms. The zero-order chi connectivity index (χ0) is 15.3. The van der Waals surface area contributed by atoms with E-state index in [9.17, 15) is 9.90 Å². The Balaban J connectivity index is 2.15. The molecule has 4 heteroatoms. The molecule has 3 atom stereocenters. The van der Waals surface area contributed by atoms with E-state index in [1.165, 1.54) is 12.8 Å². The van der Waals surface area contributed by atoms with E-state index in [2.05, 4.69) is 12.2 Å². The van der Waals surface area contributed by atoms with Crippen molar-refractivity contribution in [3.05, 3.63) is 35.9 Å². The van der Waals surface area contributed by atoms with Gasteiger partial charge in [-0.25, -0.2) is 4.79 Å². The smallest absolute Gasteiger partial charge is 0.330 e. The van der Waals surface area contributed by atoms with Crippen molar-refractivity contribution in [1.82, 2.24) is 5.32 Å². The second kappa shape index (κ2) is 7.05. The second-order valence-electron chi connectivity index (χ2n) is 5.94. The number of carboxylic acid groups (broad SMARTS) is 1. The molecule has 0 aromatic heterocycles. The fourth-order valence-corrected chi connectivity index (χ4v) is 3.08. The highest BCUT2D eigenvalue weighted by Gasteiger charge is 2.40. The van der Waals surface area contributed by atoms with Crippen LogP contribution in [0.4, 0.5) is 0 Å². The first-order chi connectivity index (χ1) is 10.1. The Kier molecular flexibility index (Phi) is 5.37. The summed E-state index contributed by atoms with van der Waals surface area (Å²) >= 11 is 0. The van der Waals surface area contributed by atoms with Crippen LogP contribution in [-0.2, 0) is 15.1 Å². The molecule has 3 unspecified atom stereocenters. The van der Waals surface area contributed by atoms with E-state index < -0.39 is 11.5 Å². The fourth-order valence-electron chi connectivity index (χ4n) is 3.08. The summed E-state index contributed by atoms with van der Waals surface area (Å²) in [5.74, 6) is -0.405. The molecule has 0 heterocycles. The highest BCUT2D eigenvalue weighted by atomic mass is 16.5. The summed E-state index contributed by atoms with van der Waals surface area (Å²) in [4.78, 5) is 11.9. The van der Waals surface area contributed by atoms with Crippen LogP contribution < -0.4 is 5.32 Å². The number of nitrogens with one attached hydrogen (secondary N) is 1. The molecule has 0 saturated heterocycles. The fraction of sp³-hybridized carbons (Fsp3) is 0.588. The van der Waals surface area contributed by atoms with Gasteiger partial charge in [0, 0.05) is 0 Å². The Labute approximate surface area is 126 Å². The summed E-state index contributed by atoms with van der Waals surface area (Å²) < 4.78 is 6.02. The number of rotatable bonds is 6. The summed E-state index contributed by atoms with van der Waals surface area (Å²) in [5, 5.41) is 12.7. The zero-order valence-corrected chi connectivity index (χ0v) is 12.8. The zero-order valence-electron chi connectivity index (χ0n) is 12.8. The minimum atomic E-state index is -1.18. The van der Waals surface area contributed by atoms with Gasteiger partial charge in [0.1, 0.15) is 0 Å². The lowest BCUT2D eigenvalue weighted by Gasteiger charge is -2.34. The predicted molar refractivity (Wildman–Crippen MR) is 82.2 cm³/mol. The maximum atomic E-state index is 11.9. The van der Waals surface area contributed by atoms with Crippen molar-refractivity contribution in [3.63, 3.8) is 0 Å². The first-order valence-corrected chi connectivity index (χ1v) is 7.69. The van der Waals surface area contributed by atoms with Gasteiger partial charge < -0.3 is 9.84 Å². The number of ether oxygens (including phenoxy) is 1. The van der Waals surface area contributed by atoms with E-state index in [0.717, 1.165) is 18.4 Å². The maximum absolute atomic E-state index is 11.9. The van der Waals surface area contributed by atoms with Gasteiger partial charge in [0.25, 0.3) is 0 Å². The van der Waals surface area contributed by atoms with Crippen molar-refractivity contribution >= 4 is 5.97 Å². The second-order valence-corrected chi connectivity index (χ2v) is 5.94. The van der Waals surface area contributed by atoms with Crippen LogP contribution in [0.3, 0.4) is 0 Å². The minimum absolute atomic E-state index is 0.151. The monoisotopic (exact) mass is 291 g/mol. The van der Waals surface area contributed by atoms with E-state index >= 15 is 0 Å². The molecule has 0 spiro atoms. The summed E-state index contributed by atoms with van der Waals surface area (Å²) in [6.07, 6.45) is 4.76. The lowest BCUT2D eigenvalue weighted by atomic mass is 9.87. The van der Waals surface area contributed by atoms with Crippen molar-refractivity contribution in [2.24, 2.45) is 5.92 Å². The Morgan fingerprint density at radius 2 is 2.00 bits per heavy atom. The molecular formula is C17H25NO3. The highest BCUT2D eigenvalue weighted by molar-refractivity contribution is 5.81. The Bertz CT molecular complexity index is 462. The molecule has 1 aliphatic rings. The highest BCUT2D eigenvalue weighted by Crippen LogP contribution is 2.29. The molecule has 116 valence electrons. The summed E-state index contributed by atoms with van der Waals surface area (Å²) in [5.41, 5.74) is -0.457. The van der Waals surface area contributed by atoms with Gasteiger partial charge in [0.05, 0.1) is 12.7 Å². The third kappa shape index (κ3) is 3.44. The summed E-state index contributed by atoms with van der Waals surface area (Å²) in [7, 11) is 1.68. The van der Waals surface area contributed by atoms with Gasteiger partial charge >= 0.3 is 5.97 Å². The topological polar surface area (TPSA) is 58.6 Å². The molecule has 1 fully saturated rings. The maximum Gasteiger partial charge on any atom is 0.330 e. The van der Waals surface area contributed by atoms with Gasteiger partial charge in [-0.1, -0.05) is 50.1 Å². The standard InChI is InChI=1S/C17H25NO3/c1-13-8-6-7-11-15(13)21-12-17(18-2,16(19)20)14-9-4-3-5-10-14/h3-5,9-10,13,15,18H,6-8,11-12H2,1-2H3,(H,19,20). The number of carboxylic acids is 1. The van der Waals surface area contributed by atoms with Crippen molar-refractivity contribution in [3.8, 4) is 0 Å². The van der Waals surface area contributed by atoms with Gasteiger partial charge in [-0.3, -0.25) is 5.32 Å². The largest absolute Gasteiger partial charge is 0.480 e. The molecule has 0 aliphatic heterocycles. The summed E-state index contributed by atoms with van der Waals surface area (Å²) in [6, 6.07) is 9.26. The third-order valence-corrected chi connectivity index (χ3v) is 4.61. The molecule has 1 aliphatic carbocycles. The molecule has 1 saturated carbocycles. The van der Waals surface area contributed by atoms with E-state index in [-0.39, 0.29) is 12.7 Å². The van der Waals surface area contributed by atoms with Crippen molar-refractivity contribution in [2.45, 2.75) is 44.2 Å². The number of carbonyl (C=O) groups is 1. The average Bonchev–Trinajstić information content (AvgIpc) is 2.51. The van der Waals surface area contributed by atoms with Crippen molar-refractivity contribution < 1.29 is 14.6 Å². The van der Waals surface area contributed by atoms with Crippen LogP contribution in [0.15, 0.2) is 30.3 Å². The molecular weight excluding hydrogens is 266 g/mol. The number of benzene rings is 1. The van der Waals surface area contributed by atoms with Crippen molar-refractivity contribution in [2.75, 3.05) is 13.7 Å². The number of hydrogen-bond donors (Lipinski definition) is 2. The molecule has 0 radical (unpaired) electrons. The normalized spacial score (nSPS) is 25.2. The van der Waals surface area contributed by atoms with Crippen molar-refractivity contribution in [1.29, 1.82) is 0 Å². The van der Waals surface area contributed by atoms with Gasteiger partial charge in [-0.15, -0.1) is 0 Å². The third-order valence-electron chi connectivity index (χ3n) is 4.61. The Morgan fingerprint density at radius 1 is 1.33 bits per heavy atom. The SMILES string of the molecule is CNC(COC1CCCCC1C)(C(=O)O)c1ccccc1. The number of aliphatic carboxylic acids is 1. The lowest BCUT2D eigenvalue weighted by Crippen LogP contribution is -2.52. The first kappa shape index (κ1) is 16.0. The molecule has 0 amide bonds. The van der Waals surface area contributed by atoms with Crippen LogP contribution in [0.5, 0.6) is 0 Å². The quantitative estimate of drug-likeness (QED) is 0.846. The van der Waals surface area contributed by atoms with Gasteiger partial charge in [0.15, 0.2) is 5.54 Å². The average molecular weight is 291 g/mol. The lowest BCUT2D eigenvalue weighted by molar-refractivity contribution is -0.150. The minimum Gasteiger partial charge on any atom is -0.480 e. The van der Waals surface area contributed by atoms with Gasteiger partial charge in [-0.2, -0.15) is 0 Å². The molecule has 2 rings (SSSR count). The summed E-state index contributed by atoms with van der Waals surface area (Å²) in [6.45, 7) is 2.34. The van der Waals surface area contributed by atoms with E-state index in [4.69, 9.17) is 4.74 Å². The van der Waals surface area contributed by atoms with Crippen LogP contribution in [0.2, 0.25) is 0 Å².